The number of halogens is 1. The van der Waals surface area contributed by atoms with Crippen molar-refractivity contribution in [2.24, 2.45) is 0 Å². The molecule has 2 rings (SSSR count). The van der Waals surface area contributed by atoms with Gasteiger partial charge in [0.2, 0.25) is 0 Å². The minimum absolute atomic E-state index is 0.620. The molecule has 0 aliphatic rings. The Morgan fingerprint density at radius 2 is 1.70 bits per heavy atom. The lowest BCUT2D eigenvalue weighted by Crippen LogP contribution is -2.12. The fourth-order valence-electron chi connectivity index (χ4n) is 2.21. The molecular formula is C17H20ClNO. The molecule has 1 N–H and O–H groups in total. The van der Waals surface area contributed by atoms with Crippen LogP contribution in [0.4, 0.5) is 5.69 Å². The standard InChI is InChI=1S/C17H20ClNO/c1-12-8-13(2)10-16(9-12)19-6-7-20-17-5-4-15(18)11-14(17)3/h4-5,8-11,19H,6-7H2,1-3H3. The van der Waals surface area contributed by atoms with Crippen molar-refractivity contribution in [3.8, 4) is 5.75 Å². The number of benzene rings is 2. The molecule has 0 aromatic heterocycles. The van der Waals surface area contributed by atoms with Crippen LogP contribution in [0.2, 0.25) is 5.02 Å². The van der Waals surface area contributed by atoms with Crippen molar-refractivity contribution in [2.75, 3.05) is 18.5 Å². The van der Waals surface area contributed by atoms with Crippen molar-refractivity contribution in [3.63, 3.8) is 0 Å². The van der Waals surface area contributed by atoms with E-state index in [0.29, 0.717) is 6.61 Å². The molecule has 2 nitrogen and oxygen atoms in total. The molecule has 0 saturated heterocycles. The van der Waals surface area contributed by atoms with Gasteiger partial charge in [0.15, 0.2) is 0 Å². The lowest BCUT2D eigenvalue weighted by atomic mass is 10.1. The van der Waals surface area contributed by atoms with E-state index >= 15 is 0 Å². The zero-order valence-corrected chi connectivity index (χ0v) is 12.9. The molecule has 0 spiro atoms. The van der Waals surface area contributed by atoms with Gasteiger partial charge in [0.05, 0.1) is 0 Å². The summed E-state index contributed by atoms with van der Waals surface area (Å²) in [5.41, 5.74) is 4.73. The van der Waals surface area contributed by atoms with Crippen LogP contribution in [0.25, 0.3) is 0 Å². The van der Waals surface area contributed by atoms with Crippen LogP contribution < -0.4 is 10.1 Å². The Morgan fingerprint density at radius 3 is 2.35 bits per heavy atom. The average molecular weight is 290 g/mol. The molecule has 106 valence electrons. The molecule has 0 bridgehead atoms. The first-order valence-electron chi connectivity index (χ1n) is 6.76. The van der Waals surface area contributed by atoms with Gasteiger partial charge in [-0.05, 0) is 67.8 Å². The van der Waals surface area contributed by atoms with Crippen LogP contribution in [0.15, 0.2) is 36.4 Å². The summed E-state index contributed by atoms with van der Waals surface area (Å²) in [5, 5.41) is 4.12. The predicted octanol–water partition coefficient (Wildman–Crippen LogP) is 4.76. The van der Waals surface area contributed by atoms with Crippen molar-refractivity contribution in [2.45, 2.75) is 20.8 Å². The van der Waals surface area contributed by atoms with Crippen LogP contribution in [-0.2, 0) is 0 Å². The van der Waals surface area contributed by atoms with E-state index in [2.05, 4.69) is 37.4 Å². The average Bonchev–Trinajstić information content (AvgIpc) is 2.35. The highest BCUT2D eigenvalue weighted by Crippen LogP contribution is 2.21. The fourth-order valence-corrected chi connectivity index (χ4v) is 2.43. The van der Waals surface area contributed by atoms with Crippen LogP contribution >= 0.6 is 11.6 Å². The summed E-state index contributed by atoms with van der Waals surface area (Å²) in [6.45, 7) is 7.59. The third-order valence-corrected chi connectivity index (χ3v) is 3.28. The van der Waals surface area contributed by atoms with Crippen LogP contribution in [0, 0.1) is 20.8 Å². The second-order valence-electron chi connectivity index (χ2n) is 5.06. The molecule has 3 heteroatoms. The first-order chi connectivity index (χ1) is 9.54. The van der Waals surface area contributed by atoms with Gasteiger partial charge in [-0.25, -0.2) is 0 Å². The van der Waals surface area contributed by atoms with Gasteiger partial charge >= 0.3 is 0 Å². The highest BCUT2D eigenvalue weighted by atomic mass is 35.5. The zero-order valence-electron chi connectivity index (χ0n) is 12.2. The molecule has 20 heavy (non-hydrogen) atoms. The lowest BCUT2D eigenvalue weighted by molar-refractivity contribution is 0.330. The minimum Gasteiger partial charge on any atom is -0.491 e. The zero-order chi connectivity index (χ0) is 14.5. The number of nitrogens with one attached hydrogen (secondary N) is 1. The number of ether oxygens (including phenoxy) is 1. The maximum atomic E-state index is 5.92. The van der Waals surface area contributed by atoms with E-state index < -0.39 is 0 Å². The Hall–Kier alpha value is -1.67. The third kappa shape index (κ3) is 4.17. The van der Waals surface area contributed by atoms with E-state index in [-0.39, 0.29) is 0 Å². The SMILES string of the molecule is Cc1cc(C)cc(NCCOc2ccc(Cl)cc2C)c1. The molecule has 0 radical (unpaired) electrons. The van der Waals surface area contributed by atoms with Gasteiger partial charge in [0.1, 0.15) is 12.4 Å². The van der Waals surface area contributed by atoms with Crippen LogP contribution in [0.3, 0.4) is 0 Å². The van der Waals surface area contributed by atoms with Crippen molar-refractivity contribution in [1.29, 1.82) is 0 Å². The number of rotatable bonds is 5. The molecule has 2 aromatic carbocycles. The summed E-state index contributed by atoms with van der Waals surface area (Å²) in [6, 6.07) is 12.1. The van der Waals surface area contributed by atoms with Crippen molar-refractivity contribution < 1.29 is 4.74 Å². The van der Waals surface area contributed by atoms with E-state index in [0.717, 1.165) is 28.6 Å². The maximum absolute atomic E-state index is 5.92. The summed E-state index contributed by atoms with van der Waals surface area (Å²) < 4.78 is 5.75. The van der Waals surface area contributed by atoms with E-state index in [1.807, 2.05) is 25.1 Å². The van der Waals surface area contributed by atoms with Gasteiger partial charge in [-0.2, -0.15) is 0 Å². The highest BCUT2D eigenvalue weighted by Gasteiger charge is 2.00. The summed E-state index contributed by atoms with van der Waals surface area (Å²) in [4.78, 5) is 0. The first kappa shape index (κ1) is 14.7. The molecular weight excluding hydrogens is 270 g/mol. The van der Waals surface area contributed by atoms with Gasteiger partial charge in [0.25, 0.3) is 0 Å². The second-order valence-corrected chi connectivity index (χ2v) is 5.50. The Balaban J connectivity index is 1.84. The number of hydrogen-bond acceptors (Lipinski definition) is 2. The van der Waals surface area contributed by atoms with E-state index in [4.69, 9.17) is 16.3 Å². The Bertz CT molecular complexity index is 575. The van der Waals surface area contributed by atoms with E-state index in [9.17, 15) is 0 Å². The molecule has 0 unspecified atom stereocenters. The molecule has 2 aromatic rings. The van der Waals surface area contributed by atoms with Gasteiger partial charge in [-0.15, -0.1) is 0 Å². The molecule has 0 aliphatic carbocycles. The summed E-state index contributed by atoms with van der Waals surface area (Å²) >= 11 is 5.92. The molecule has 0 saturated carbocycles. The molecule has 0 fully saturated rings. The smallest absolute Gasteiger partial charge is 0.122 e. The largest absolute Gasteiger partial charge is 0.491 e. The first-order valence-corrected chi connectivity index (χ1v) is 7.13. The third-order valence-electron chi connectivity index (χ3n) is 3.05. The molecule has 0 amide bonds. The Morgan fingerprint density at radius 1 is 1.00 bits per heavy atom. The molecule has 0 aliphatic heterocycles. The van der Waals surface area contributed by atoms with Gasteiger partial charge in [-0.3, -0.25) is 0 Å². The van der Waals surface area contributed by atoms with E-state index in [1.165, 1.54) is 11.1 Å². The van der Waals surface area contributed by atoms with Crippen LogP contribution in [0.1, 0.15) is 16.7 Å². The maximum Gasteiger partial charge on any atom is 0.122 e. The quantitative estimate of drug-likeness (QED) is 0.802. The highest BCUT2D eigenvalue weighted by molar-refractivity contribution is 6.30. The molecule has 0 heterocycles. The number of anilines is 1. The predicted molar refractivity (Wildman–Crippen MR) is 86.1 cm³/mol. The van der Waals surface area contributed by atoms with Gasteiger partial charge in [-0.1, -0.05) is 17.7 Å². The van der Waals surface area contributed by atoms with Gasteiger partial charge in [0, 0.05) is 17.3 Å². The normalized spacial score (nSPS) is 10.4. The van der Waals surface area contributed by atoms with Crippen LogP contribution in [0.5, 0.6) is 5.75 Å². The summed E-state index contributed by atoms with van der Waals surface area (Å²) in [7, 11) is 0. The molecule has 0 atom stereocenters. The topological polar surface area (TPSA) is 21.3 Å². The van der Waals surface area contributed by atoms with Crippen molar-refractivity contribution in [3.05, 3.63) is 58.1 Å². The van der Waals surface area contributed by atoms with Gasteiger partial charge < -0.3 is 10.1 Å². The fraction of sp³-hybridized carbons (Fsp3) is 0.294. The number of aryl methyl sites for hydroxylation is 3. The second kappa shape index (κ2) is 6.67. The minimum atomic E-state index is 0.620. The summed E-state index contributed by atoms with van der Waals surface area (Å²) in [5.74, 6) is 0.886. The van der Waals surface area contributed by atoms with Crippen molar-refractivity contribution in [1.82, 2.24) is 0 Å². The van der Waals surface area contributed by atoms with Crippen LogP contribution in [-0.4, -0.2) is 13.2 Å². The number of hydrogen-bond donors (Lipinski definition) is 1. The Labute approximate surface area is 125 Å². The van der Waals surface area contributed by atoms with Crippen molar-refractivity contribution >= 4 is 17.3 Å². The Kier molecular flexibility index (Phi) is 4.91. The summed E-state index contributed by atoms with van der Waals surface area (Å²) in [6.07, 6.45) is 0. The van der Waals surface area contributed by atoms with E-state index in [1.54, 1.807) is 0 Å². The lowest BCUT2D eigenvalue weighted by Gasteiger charge is -2.11. The monoisotopic (exact) mass is 289 g/mol.